The van der Waals surface area contributed by atoms with Crippen LogP contribution in [0.2, 0.25) is 0 Å². The van der Waals surface area contributed by atoms with Crippen molar-refractivity contribution in [3.63, 3.8) is 0 Å². The Bertz CT molecular complexity index is 1190. The Kier molecular flexibility index (Phi) is 9.73. The van der Waals surface area contributed by atoms with E-state index in [1.165, 1.54) is 0 Å². The second kappa shape index (κ2) is 13.0. The molecule has 11 nitrogen and oxygen atoms in total. The van der Waals surface area contributed by atoms with Crippen LogP contribution in [-0.2, 0) is 19.6 Å². The lowest BCUT2D eigenvalue weighted by Crippen LogP contribution is -2.54. The molecule has 12 heteroatoms. The molecule has 214 valence electrons. The van der Waals surface area contributed by atoms with Crippen molar-refractivity contribution < 1.29 is 32.3 Å². The molecule has 4 amide bonds. The van der Waals surface area contributed by atoms with E-state index in [0.29, 0.717) is 31.9 Å². The number of benzene rings is 1. The monoisotopic (exact) mass is 562 g/mol. The van der Waals surface area contributed by atoms with Gasteiger partial charge in [-0.3, -0.25) is 29.4 Å². The van der Waals surface area contributed by atoms with Crippen molar-refractivity contribution in [1.29, 1.82) is 0 Å². The van der Waals surface area contributed by atoms with Crippen LogP contribution in [0.4, 0.5) is 0 Å². The van der Waals surface area contributed by atoms with Crippen molar-refractivity contribution >= 4 is 33.7 Å². The summed E-state index contributed by atoms with van der Waals surface area (Å²) in [7, 11) is -3.18. The lowest BCUT2D eigenvalue weighted by molar-refractivity contribution is -0.136. The summed E-state index contributed by atoms with van der Waals surface area (Å²) >= 11 is 0. The molecule has 2 saturated heterocycles. The molecular formula is C27H38N4O7S. The van der Waals surface area contributed by atoms with Crippen LogP contribution >= 0.6 is 0 Å². The summed E-state index contributed by atoms with van der Waals surface area (Å²) in [5, 5.41) is 2.19. The first-order valence-corrected chi connectivity index (χ1v) is 15.5. The van der Waals surface area contributed by atoms with E-state index < -0.39 is 39.7 Å². The van der Waals surface area contributed by atoms with Crippen molar-refractivity contribution in [2.45, 2.75) is 82.7 Å². The molecule has 1 aromatic carbocycles. The number of nitrogens with one attached hydrogen (secondary N) is 1. The van der Waals surface area contributed by atoms with Crippen LogP contribution in [0, 0.1) is 0 Å². The second-order valence-electron chi connectivity index (χ2n) is 10.5. The fraction of sp³-hybridized carbons (Fsp3) is 0.630. The van der Waals surface area contributed by atoms with Crippen LogP contribution in [0.3, 0.4) is 0 Å². The molecule has 0 spiro atoms. The molecule has 3 heterocycles. The highest BCUT2D eigenvalue weighted by molar-refractivity contribution is 7.89. The van der Waals surface area contributed by atoms with Crippen LogP contribution in [0.1, 0.15) is 91.3 Å². The van der Waals surface area contributed by atoms with E-state index in [1.807, 2.05) is 0 Å². The highest BCUT2D eigenvalue weighted by atomic mass is 32.2. The zero-order valence-corrected chi connectivity index (χ0v) is 23.0. The molecule has 3 N–H and O–H groups in total. The van der Waals surface area contributed by atoms with E-state index in [1.54, 1.807) is 22.5 Å². The summed E-state index contributed by atoms with van der Waals surface area (Å²) in [5.74, 6) is -1.67. The SMILES string of the molecule is NC1CCN(S(=O)(=O)CCCCCCCCCOc2cccc3c2C(=O)N(C2CCC(=O)NC2=O)C3=O)CC1. The first-order chi connectivity index (χ1) is 18.7. The van der Waals surface area contributed by atoms with Crippen LogP contribution in [0.25, 0.3) is 0 Å². The number of piperidine rings is 2. The van der Waals surface area contributed by atoms with Gasteiger partial charge < -0.3 is 10.5 Å². The molecule has 3 aliphatic rings. The Balaban J connectivity index is 1.14. The number of nitrogens with zero attached hydrogens (tertiary/aromatic N) is 2. The molecule has 0 bridgehead atoms. The van der Waals surface area contributed by atoms with E-state index in [2.05, 4.69) is 5.32 Å². The van der Waals surface area contributed by atoms with Crippen LogP contribution in [-0.4, -0.2) is 78.8 Å². The van der Waals surface area contributed by atoms with Gasteiger partial charge in [0.1, 0.15) is 11.8 Å². The molecule has 4 rings (SSSR count). The summed E-state index contributed by atoms with van der Waals surface area (Å²) in [5.41, 5.74) is 6.22. The average molecular weight is 563 g/mol. The maximum atomic E-state index is 13.1. The first kappa shape index (κ1) is 29.2. The Morgan fingerprint density at radius 3 is 2.26 bits per heavy atom. The molecule has 0 radical (unpaired) electrons. The van der Waals surface area contributed by atoms with Crippen LogP contribution in [0.15, 0.2) is 18.2 Å². The van der Waals surface area contributed by atoms with Gasteiger partial charge in [0.25, 0.3) is 11.8 Å². The molecule has 2 fully saturated rings. The number of hydrogen-bond donors (Lipinski definition) is 2. The van der Waals surface area contributed by atoms with E-state index in [-0.39, 0.29) is 35.8 Å². The van der Waals surface area contributed by atoms with Crippen molar-refractivity contribution in [3.05, 3.63) is 29.3 Å². The Morgan fingerprint density at radius 1 is 0.897 bits per heavy atom. The molecule has 0 aromatic heterocycles. The molecule has 1 aromatic rings. The molecule has 1 unspecified atom stereocenters. The lowest BCUT2D eigenvalue weighted by atomic mass is 10.0. The fourth-order valence-corrected chi connectivity index (χ4v) is 6.93. The lowest BCUT2D eigenvalue weighted by Gasteiger charge is -2.29. The predicted molar refractivity (Wildman–Crippen MR) is 143 cm³/mol. The predicted octanol–water partition coefficient (Wildman–Crippen LogP) is 1.95. The van der Waals surface area contributed by atoms with Gasteiger partial charge in [-0.15, -0.1) is 0 Å². The number of fused-ring (bicyclic) bond motifs is 1. The minimum absolute atomic E-state index is 0.0699. The van der Waals surface area contributed by atoms with Crippen molar-refractivity contribution in [2.24, 2.45) is 5.73 Å². The van der Waals surface area contributed by atoms with E-state index in [9.17, 15) is 27.6 Å². The largest absolute Gasteiger partial charge is 0.493 e. The Morgan fingerprint density at radius 2 is 1.56 bits per heavy atom. The molecule has 0 aliphatic carbocycles. The topological polar surface area (TPSA) is 156 Å². The fourth-order valence-electron chi connectivity index (χ4n) is 5.34. The first-order valence-electron chi connectivity index (χ1n) is 13.9. The summed E-state index contributed by atoms with van der Waals surface area (Å²) in [6, 6.07) is 3.93. The number of rotatable bonds is 13. The van der Waals surface area contributed by atoms with Gasteiger partial charge in [-0.05, 0) is 44.2 Å². The molecule has 0 saturated carbocycles. The maximum Gasteiger partial charge on any atom is 0.266 e. The number of imide groups is 2. The molecule has 39 heavy (non-hydrogen) atoms. The van der Waals surface area contributed by atoms with E-state index in [0.717, 1.165) is 56.3 Å². The Labute approximate surface area is 229 Å². The van der Waals surface area contributed by atoms with Gasteiger partial charge in [-0.1, -0.05) is 38.2 Å². The van der Waals surface area contributed by atoms with Crippen molar-refractivity contribution in [2.75, 3.05) is 25.4 Å². The Hall–Kier alpha value is -2.83. The third kappa shape index (κ3) is 7.03. The minimum Gasteiger partial charge on any atom is -0.493 e. The van der Waals surface area contributed by atoms with E-state index in [4.69, 9.17) is 10.5 Å². The smallest absolute Gasteiger partial charge is 0.266 e. The summed E-state index contributed by atoms with van der Waals surface area (Å²) in [6.45, 7) is 1.44. The van der Waals surface area contributed by atoms with Crippen molar-refractivity contribution in [1.82, 2.24) is 14.5 Å². The average Bonchev–Trinajstić information content (AvgIpc) is 3.15. The molecule has 1 atom stereocenters. The zero-order valence-electron chi connectivity index (χ0n) is 22.2. The molecular weight excluding hydrogens is 524 g/mol. The minimum atomic E-state index is -3.18. The number of ether oxygens (including phenoxy) is 1. The highest BCUT2D eigenvalue weighted by Gasteiger charge is 2.46. The van der Waals surface area contributed by atoms with Gasteiger partial charge >= 0.3 is 0 Å². The summed E-state index contributed by atoms with van der Waals surface area (Å²) in [6.07, 6.45) is 7.84. The normalized spacial score (nSPS) is 20.8. The number of amides is 4. The molecule has 3 aliphatic heterocycles. The second-order valence-corrected chi connectivity index (χ2v) is 12.6. The number of nitrogens with two attached hydrogens (primary N) is 1. The third-order valence-corrected chi connectivity index (χ3v) is 9.58. The van der Waals surface area contributed by atoms with Gasteiger partial charge in [0.05, 0.1) is 23.5 Å². The van der Waals surface area contributed by atoms with Crippen molar-refractivity contribution in [3.8, 4) is 5.75 Å². The van der Waals surface area contributed by atoms with E-state index >= 15 is 0 Å². The van der Waals surface area contributed by atoms with Crippen LogP contribution in [0.5, 0.6) is 5.75 Å². The standard InChI is InChI=1S/C27H38N4O7S/c28-19-13-15-30(16-14-19)39(36,37)18-7-5-3-1-2-4-6-17-38-22-10-8-9-20-24(22)27(35)31(26(20)34)21-11-12-23(32)29-25(21)33/h8-10,19,21H,1-7,11-18,28H2,(H,29,32,33). The number of sulfonamides is 1. The number of unbranched alkanes of at least 4 members (excludes halogenated alkanes) is 6. The summed E-state index contributed by atoms with van der Waals surface area (Å²) in [4.78, 5) is 50.6. The quantitative estimate of drug-likeness (QED) is 0.273. The number of carbonyl (C=O) groups excluding carboxylic acids is 4. The van der Waals surface area contributed by atoms with Gasteiger partial charge in [0, 0.05) is 25.6 Å². The van der Waals surface area contributed by atoms with Gasteiger partial charge in [0.15, 0.2) is 0 Å². The van der Waals surface area contributed by atoms with Gasteiger partial charge in [-0.2, -0.15) is 0 Å². The van der Waals surface area contributed by atoms with Gasteiger partial charge in [0.2, 0.25) is 21.8 Å². The third-order valence-electron chi connectivity index (χ3n) is 7.63. The number of hydrogen-bond acceptors (Lipinski definition) is 8. The maximum absolute atomic E-state index is 13.1. The zero-order chi connectivity index (χ0) is 28.0. The highest BCUT2D eigenvalue weighted by Crippen LogP contribution is 2.33. The van der Waals surface area contributed by atoms with Crippen LogP contribution < -0.4 is 15.8 Å². The summed E-state index contributed by atoms with van der Waals surface area (Å²) < 4.78 is 32.3. The number of carbonyl (C=O) groups is 4. The van der Waals surface area contributed by atoms with Gasteiger partial charge in [-0.25, -0.2) is 12.7 Å².